The Labute approximate surface area is 151 Å². The second-order valence-corrected chi connectivity index (χ2v) is 6.37. The largest absolute Gasteiger partial charge is 0.488 e. The fourth-order valence-corrected chi connectivity index (χ4v) is 3.42. The van der Waals surface area contributed by atoms with E-state index in [0.717, 1.165) is 30.4 Å². The average Bonchev–Trinajstić information content (AvgIpc) is 2.59. The van der Waals surface area contributed by atoms with Crippen molar-refractivity contribution in [1.29, 1.82) is 0 Å². The van der Waals surface area contributed by atoms with Crippen molar-refractivity contribution in [3.8, 4) is 11.5 Å². The summed E-state index contributed by atoms with van der Waals surface area (Å²) in [6.07, 6.45) is 2.59. The highest BCUT2D eigenvalue weighted by Crippen LogP contribution is 2.50. The molecule has 2 aromatic rings. The number of aliphatic hydroxyl groups is 2. The number of rotatable bonds is 8. The quantitative estimate of drug-likeness (QED) is 0.755. The van der Waals surface area contributed by atoms with Gasteiger partial charge in [-0.2, -0.15) is 0 Å². The summed E-state index contributed by atoms with van der Waals surface area (Å²) in [5.74, 6) is -0.802. The Balaban J connectivity index is 1.89. The molecule has 1 aliphatic rings. The number of benzene rings is 2. The van der Waals surface area contributed by atoms with E-state index < -0.39 is 17.0 Å². The molecule has 0 spiro atoms. The van der Waals surface area contributed by atoms with Crippen molar-refractivity contribution in [2.24, 2.45) is 0 Å². The molecule has 1 saturated carbocycles. The summed E-state index contributed by atoms with van der Waals surface area (Å²) in [5, 5.41) is 17.6. The Hall–Kier alpha value is -2.18. The lowest BCUT2D eigenvalue weighted by atomic mass is 9.60. The average molecular weight is 364 g/mol. The van der Waals surface area contributed by atoms with E-state index in [1.807, 2.05) is 0 Å². The molecule has 1 fully saturated rings. The highest BCUT2D eigenvalue weighted by Gasteiger charge is 2.41. The second-order valence-electron chi connectivity index (χ2n) is 6.37. The van der Waals surface area contributed by atoms with E-state index in [4.69, 9.17) is 19.7 Å². The smallest absolute Gasteiger partial charge is 0.165 e. The van der Waals surface area contributed by atoms with Crippen LogP contribution in [-0.4, -0.2) is 36.6 Å². The minimum Gasteiger partial charge on any atom is -0.488 e. The van der Waals surface area contributed by atoms with Crippen LogP contribution in [0.25, 0.3) is 0 Å². The van der Waals surface area contributed by atoms with Crippen LogP contribution in [0, 0.1) is 11.6 Å². The van der Waals surface area contributed by atoms with Crippen LogP contribution in [0.4, 0.5) is 8.78 Å². The van der Waals surface area contributed by atoms with Crippen molar-refractivity contribution in [3.63, 3.8) is 0 Å². The van der Waals surface area contributed by atoms with E-state index in [9.17, 15) is 8.78 Å². The summed E-state index contributed by atoms with van der Waals surface area (Å²) in [6, 6.07) is 9.55. The molecule has 3 rings (SSSR count). The zero-order valence-electron chi connectivity index (χ0n) is 14.4. The van der Waals surface area contributed by atoms with E-state index in [2.05, 4.69) is 0 Å². The highest BCUT2D eigenvalue weighted by molar-refractivity contribution is 5.46. The molecule has 0 heterocycles. The van der Waals surface area contributed by atoms with Crippen molar-refractivity contribution < 1.29 is 28.5 Å². The molecule has 4 nitrogen and oxygen atoms in total. The molecule has 0 aromatic heterocycles. The third kappa shape index (κ3) is 3.52. The van der Waals surface area contributed by atoms with Gasteiger partial charge in [-0.25, -0.2) is 8.78 Å². The molecule has 0 unspecified atom stereocenters. The van der Waals surface area contributed by atoms with Crippen molar-refractivity contribution >= 4 is 0 Å². The first kappa shape index (κ1) is 18.6. The first-order valence-corrected chi connectivity index (χ1v) is 8.68. The van der Waals surface area contributed by atoms with Crippen LogP contribution in [0.1, 0.15) is 30.4 Å². The zero-order valence-corrected chi connectivity index (χ0v) is 14.4. The molecular formula is C20H22F2O4. The first-order valence-electron chi connectivity index (χ1n) is 8.68. The molecular weight excluding hydrogens is 342 g/mol. The molecule has 2 aromatic carbocycles. The van der Waals surface area contributed by atoms with E-state index in [1.165, 1.54) is 12.1 Å². The SMILES string of the molecule is OCCOc1ccc(C2(c3ccc(OCCO)c(F)c3)CCC2)cc1F. The summed E-state index contributed by atoms with van der Waals surface area (Å²) in [7, 11) is 0. The summed E-state index contributed by atoms with van der Waals surface area (Å²) < 4.78 is 39.0. The lowest BCUT2D eigenvalue weighted by Gasteiger charge is -2.43. The number of ether oxygens (including phenoxy) is 2. The number of hydrogen-bond acceptors (Lipinski definition) is 4. The molecule has 0 atom stereocenters. The molecule has 6 heteroatoms. The lowest BCUT2D eigenvalue weighted by Crippen LogP contribution is -2.35. The van der Waals surface area contributed by atoms with Crippen molar-refractivity contribution in [1.82, 2.24) is 0 Å². The molecule has 0 radical (unpaired) electrons. The summed E-state index contributed by atoms with van der Waals surface area (Å²) in [5.41, 5.74) is 1.13. The van der Waals surface area contributed by atoms with Crippen molar-refractivity contribution in [2.75, 3.05) is 26.4 Å². The van der Waals surface area contributed by atoms with E-state index in [1.54, 1.807) is 24.3 Å². The summed E-state index contributed by atoms with van der Waals surface area (Å²) in [6.45, 7) is -0.311. The Kier molecular flexibility index (Phi) is 5.74. The zero-order chi connectivity index (χ0) is 18.6. The van der Waals surface area contributed by atoms with Crippen LogP contribution < -0.4 is 9.47 Å². The van der Waals surface area contributed by atoms with Gasteiger partial charge in [-0.05, 0) is 48.2 Å². The van der Waals surface area contributed by atoms with Gasteiger partial charge < -0.3 is 19.7 Å². The van der Waals surface area contributed by atoms with Gasteiger partial charge in [-0.15, -0.1) is 0 Å². The minimum atomic E-state index is -0.495. The number of aliphatic hydroxyl groups excluding tert-OH is 2. The van der Waals surface area contributed by atoms with Gasteiger partial charge in [-0.1, -0.05) is 18.6 Å². The maximum Gasteiger partial charge on any atom is 0.165 e. The molecule has 0 saturated heterocycles. The van der Waals surface area contributed by atoms with Gasteiger partial charge in [0.25, 0.3) is 0 Å². The Bertz CT molecular complexity index is 700. The van der Waals surface area contributed by atoms with Crippen LogP contribution in [0.2, 0.25) is 0 Å². The van der Waals surface area contributed by atoms with Gasteiger partial charge in [0.05, 0.1) is 13.2 Å². The topological polar surface area (TPSA) is 58.9 Å². The fraction of sp³-hybridized carbons (Fsp3) is 0.400. The molecule has 140 valence electrons. The van der Waals surface area contributed by atoms with Gasteiger partial charge in [0.1, 0.15) is 13.2 Å². The van der Waals surface area contributed by atoms with Crippen LogP contribution in [0.5, 0.6) is 11.5 Å². The predicted molar refractivity (Wildman–Crippen MR) is 92.6 cm³/mol. The molecule has 0 amide bonds. The summed E-state index contributed by atoms with van der Waals surface area (Å²) >= 11 is 0. The van der Waals surface area contributed by atoms with Crippen LogP contribution >= 0.6 is 0 Å². The Morgan fingerprint density at radius 1 is 0.808 bits per heavy atom. The van der Waals surface area contributed by atoms with Crippen molar-refractivity contribution in [3.05, 3.63) is 59.2 Å². The molecule has 1 aliphatic carbocycles. The van der Waals surface area contributed by atoms with Crippen LogP contribution in [0.3, 0.4) is 0 Å². The van der Waals surface area contributed by atoms with Crippen LogP contribution in [-0.2, 0) is 5.41 Å². The van der Waals surface area contributed by atoms with Crippen molar-refractivity contribution in [2.45, 2.75) is 24.7 Å². The molecule has 2 N–H and O–H groups in total. The summed E-state index contributed by atoms with van der Waals surface area (Å²) in [4.78, 5) is 0. The van der Waals surface area contributed by atoms with Crippen LogP contribution in [0.15, 0.2) is 36.4 Å². The first-order chi connectivity index (χ1) is 12.6. The third-order valence-electron chi connectivity index (χ3n) is 4.87. The lowest BCUT2D eigenvalue weighted by molar-refractivity contribution is 0.196. The van der Waals surface area contributed by atoms with E-state index >= 15 is 0 Å². The Morgan fingerprint density at radius 3 is 1.58 bits per heavy atom. The maximum atomic E-state index is 14.3. The minimum absolute atomic E-state index is 0.0297. The molecule has 0 bridgehead atoms. The number of hydrogen-bond donors (Lipinski definition) is 2. The monoisotopic (exact) mass is 364 g/mol. The fourth-order valence-electron chi connectivity index (χ4n) is 3.42. The van der Waals surface area contributed by atoms with E-state index in [0.29, 0.717) is 0 Å². The highest BCUT2D eigenvalue weighted by atomic mass is 19.1. The van der Waals surface area contributed by atoms with Gasteiger partial charge in [0, 0.05) is 5.41 Å². The predicted octanol–water partition coefficient (Wildman–Crippen LogP) is 3.18. The van der Waals surface area contributed by atoms with Gasteiger partial charge in [0.2, 0.25) is 0 Å². The second kappa shape index (κ2) is 8.01. The Morgan fingerprint density at radius 2 is 1.27 bits per heavy atom. The number of halogens is 2. The van der Waals surface area contributed by atoms with E-state index in [-0.39, 0.29) is 37.9 Å². The maximum absolute atomic E-state index is 14.3. The molecule has 26 heavy (non-hydrogen) atoms. The van der Waals surface area contributed by atoms with Gasteiger partial charge in [-0.3, -0.25) is 0 Å². The normalized spacial score (nSPS) is 15.4. The molecule has 0 aliphatic heterocycles. The van der Waals surface area contributed by atoms with Gasteiger partial charge in [0.15, 0.2) is 23.1 Å². The third-order valence-corrected chi connectivity index (χ3v) is 4.87. The van der Waals surface area contributed by atoms with Gasteiger partial charge >= 0.3 is 0 Å². The standard InChI is InChI=1S/C20H22F2O4/c21-16-12-14(2-4-18(16)25-10-8-23)20(6-1-7-20)15-3-5-19(17(22)13-15)26-11-9-24/h2-5,12-13,23-24H,1,6-11H2.